The first-order valence-corrected chi connectivity index (χ1v) is 10.2. The van der Waals surface area contributed by atoms with Crippen molar-refractivity contribution >= 4 is 27.6 Å². The van der Waals surface area contributed by atoms with Crippen molar-refractivity contribution in [2.45, 2.75) is 11.7 Å². The summed E-state index contributed by atoms with van der Waals surface area (Å²) in [5, 5.41) is 1.04. The number of methoxy groups -OCH3 is 4. The second-order valence-electron chi connectivity index (χ2n) is 6.71. The molecular weight excluding hydrogens is 404 g/mol. The van der Waals surface area contributed by atoms with Crippen molar-refractivity contribution in [1.29, 1.82) is 0 Å². The lowest BCUT2D eigenvalue weighted by molar-refractivity contribution is 0.324. The summed E-state index contributed by atoms with van der Waals surface area (Å²) in [6.07, 6.45) is 2.97. The van der Waals surface area contributed by atoms with Crippen LogP contribution in [0.25, 0.3) is 15.9 Å². The van der Waals surface area contributed by atoms with E-state index in [0.717, 1.165) is 27.8 Å². The van der Waals surface area contributed by atoms with Crippen molar-refractivity contribution in [3.63, 3.8) is 0 Å². The number of benzene rings is 2. The summed E-state index contributed by atoms with van der Waals surface area (Å²) in [5.74, 6) is 2.46. The Morgan fingerprint density at radius 2 is 1.67 bits per heavy atom. The summed E-state index contributed by atoms with van der Waals surface area (Å²) < 4.78 is 27.0. The van der Waals surface area contributed by atoms with Crippen molar-refractivity contribution < 1.29 is 23.4 Å². The molecule has 1 aliphatic heterocycles. The second kappa shape index (κ2) is 8.36. The van der Waals surface area contributed by atoms with E-state index in [2.05, 4.69) is 6.08 Å². The van der Waals surface area contributed by atoms with Crippen LogP contribution in [-0.4, -0.2) is 28.4 Å². The Bertz CT molecular complexity index is 1160. The van der Waals surface area contributed by atoms with Gasteiger partial charge in [-0.05, 0) is 36.2 Å². The summed E-state index contributed by atoms with van der Waals surface area (Å²) in [6, 6.07) is 11.0. The molecule has 0 saturated heterocycles. The van der Waals surface area contributed by atoms with Crippen molar-refractivity contribution in [2.75, 3.05) is 28.4 Å². The predicted molar refractivity (Wildman–Crippen MR) is 118 cm³/mol. The van der Waals surface area contributed by atoms with Gasteiger partial charge in [-0.2, -0.15) is 0 Å². The average Bonchev–Trinajstić information content (AvgIpc) is 3.27. The van der Waals surface area contributed by atoms with E-state index in [0.29, 0.717) is 28.6 Å². The van der Waals surface area contributed by atoms with Gasteiger partial charge in [-0.25, -0.2) is 4.79 Å². The van der Waals surface area contributed by atoms with E-state index in [1.807, 2.05) is 24.3 Å². The molecule has 0 amide bonds. The first-order valence-electron chi connectivity index (χ1n) is 9.37. The monoisotopic (exact) mass is 426 g/mol. The van der Waals surface area contributed by atoms with Crippen LogP contribution in [0.4, 0.5) is 0 Å². The van der Waals surface area contributed by atoms with E-state index >= 15 is 0 Å². The lowest BCUT2D eigenvalue weighted by Gasteiger charge is -2.17. The lowest BCUT2D eigenvalue weighted by atomic mass is 10.1. The molecule has 6 nitrogen and oxygen atoms in total. The standard InChI is InChI=1S/C23H22O6S/c1-25-14-5-6-15-16(12-22(24)29-17(15)11-14)21-8-7-20(30-21)13-9-18(26-2)23(28-4)19(10-13)27-3/h5-6,8-12,20H,7H2,1-4H3. The number of hydrogen-bond acceptors (Lipinski definition) is 7. The number of ether oxygens (including phenoxy) is 4. The highest BCUT2D eigenvalue weighted by atomic mass is 32.2. The molecule has 3 aromatic rings. The first kappa shape index (κ1) is 20.2. The Morgan fingerprint density at radius 1 is 0.933 bits per heavy atom. The highest BCUT2D eigenvalue weighted by Crippen LogP contribution is 2.51. The number of thioether (sulfide) groups is 1. The maximum Gasteiger partial charge on any atom is 0.336 e. The maximum atomic E-state index is 12.2. The van der Waals surface area contributed by atoms with Crippen molar-refractivity contribution in [3.05, 3.63) is 64.0 Å². The molecule has 1 aromatic heterocycles. The zero-order valence-electron chi connectivity index (χ0n) is 17.2. The highest BCUT2D eigenvalue weighted by Gasteiger charge is 2.25. The summed E-state index contributed by atoms with van der Waals surface area (Å²) >= 11 is 1.70. The van der Waals surface area contributed by atoms with Gasteiger partial charge < -0.3 is 23.4 Å². The van der Waals surface area contributed by atoms with E-state index < -0.39 is 0 Å². The molecule has 4 rings (SSSR count). The largest absolute Gasteiger partial charge is 0.497 e. The van der Waals surface area contributed by atoms with Gasteiger partial charge in [-0.1, -0.05) is 6.08 Å². The van der Waals surface area contributed by atoms with E-state index in [9.17, 15) is 4.79 Å². The van der Waals surface area contributed by atoms with Crippen LogP contribution >= 0.6 is 11.8 Å². The molecule has 1 aliphatic rings. The van der Waals surface area contributed by atoms with Gasteiger partial charge in [-0.3, -0.25) is 0 Å². The van der Waals surface area contributed by atoms with Crippen LogP contribution in [0, 0.1) is 0 Å². The molecule has 0 spiro atoms. The summed E-state index contributed by atoms with van der Waals surface area (Å²) in [5.41, 5.74) is 2.05. The topological polar surface area (TPSA) is 67.1 Å². The van der Waals surface area contributed by atoms with Gasteiger partial charge in [0.15, 0.2) is 11.5 Å². The van der Waals surface area contributed by atoms with Gasteiger partial charge in [0.25, 0.3) is 0 Å². The Labute approximate surface area is 178 Å². The Balaban J connectivity index is 1.69. The van der Waals surface area contributed by atoms with Gasteiger partial charge in [0.1, 0.15) is 11.3 Å². The molecule has 0 N–H and O–H groups in total. The van der Waals surface area contributed by atoms with Gasteiger partial charge in [0.2, 0.25) is 5.75 Å². The van der Waals surface area contributed by atoms with Gasteiger partial charge >= 0.3 is 5.63 Å². The molecule has 2 heterocycles. The molecular formula is C23H22O6S. The van der Waals surface area contributed by atoms with Crippen LogP contribution in [0.1, 0.15) is 22.8 Å². The molecule has 0 fully saturated rings. The molecule has 30 heavy (non-hydrogen) atoms. The third kappa shape index (κ3) is 3.61. The SMILES string of the molecule is COc1ccc2c(C3=CCC(c4cc(OC)c(OC)c(OC)c4)S3)cc(=O)oc2c1. The summed E-state index contributed by atoms with van der Waals surface area (Å²) in [7, 11) is 6.39. The minimum Gasteiger partial charge on any atom is -0.497 e. The minimum absolute atomic E-state index is 0.161. The Kier molecular flexibility index (Phi) is 5.63. The molecule has 156 valence electrons. The smallest absolute Gasteiger partial charge is 0.336 e. The second-order valence-corrected chi connectivity index (χ2v) is 7.96. The van der Waals surface area contributed by atoms with Crippen LogP contribution < -0.4 is 24.6 Å². The molecule has 0 bridgehead atoms. The van der Waals surface area contributed by atoms with Crippen LogP contribution in [0.2, 0.25) is 0 Å². The van der Waals surface area contributed by atoms with Crippen molar-refractivity contribution in [2.24, 2.45) is 0 Å². The molecule has 1 unspecified atom stereocenters. The lowest BCUT2D eigenvalue weighted by Crippen LogP contribution is -2.00. The Morgan fingerprint density at radius 3 is 2.30 bits per heavy atom. The van der Waals surface area contributed by atoms with Crippen molar-refractivity contribution in [1.82, 2.24) is 0 Å². The van der Waals surface area contributed by atoms with Crippen molar-refractivity contribution in [3.8, 4) is 23.0 Å². The van der Waals surface area contributed by atoms with Gasteiger partial charge in [-0.15, -0.1) is 11.8 Å². The Hall–Kier alpha value is -3.06. The zero-order chi connectivity index (χ0) is 21.3. The van der Waals surface area contributed by atoms with Crippen LogP contribution in [0.3, 0.4) is 0 Å². The normalized spacial score (nSPS) is 15.7. The number of fused-ring (bicyclic) bond motifs is 1. The molecule has 7 heteroatoms. The highest BCUT2D eigenvalue weighted by molar-refractivity contribution is 8.08. The molecule has 0 aliphatic carbocycles. The summed E-state index contributed by atoms with van der Waals surface area (Å²) in [4.78, 5) is 13.2. The minimum atomic E-state index is -0.386. The third-order valence-corrected chi connectivity index (χ3v) is 6.45. The number of hydrogen-bond donors (Lipinski definition) is 0. The molecule has 1 atom stereocenters. The van der Waals surface area contributed by atoms with E-state index in [4.69, 9.17) is 23.4 Å². The molecule has 0 saturated carbocycles. The third-order valence-electron chi connectivity index (χ3n) is 5.06. The number of rotatable bonds is 6. The van der Waals surface area contributed by atoms with Crippen LogP contribution in [0.15, 0.2) is 51.7 Å². The fourth-order valence-corrected chi connectivity index (χ4v) is 4.86. The van der Waals surface area contributed by atoms with Crippen LogP contribution in [0.5, 0.6) is 23.0 Å². The van der Waals surface area contributed by atoms with Gasteiger partial charge in [0, 0.05) is 33.2 Å². The predicted octanol–water partition coefficient (Wildman–Crippen LogP) is 5.05. The first-order chi connectivity index (χ1) is 14.6. The quantitative estimate of drug-likeness (QED) is 0.511. The van der Waals surface area contributed by atoms with E-state index in [-0.39, 0.29) is 10.9 Å². The average molecular weight is 426 g/mol. The summed E-state index contributed by atoms with van der Waals surface area (Å²) in [6.45, 7) is 0. The fraction of sp³-hybridized carbons (Fsp3) is 0.261. The van der Waals surface area contributed by atoms with Gasteiger partial charge in [0.05, 0.1) is 28.4 Å². The maximum absolute atomic E-state index is 12.2. The molecule has 2 aromatic carbocycles. The van der Waals surface area contributed by atoms with E-state index in [1.165, 1.54) is 0 Å². The fourth-order valence-electron chi connectivity index (χ4n) is 3.60. The molecule has 0 radical (unpaired) electrons. The number of allylic oxidation sites excluding steroid dienone is 1. The van der Waals surface area contributed by atoms with E-state index in [1.54, 1.807) is 52.3 Å². The zero-order valence-corrected chi connectivity index (χ0v) is 18.0. The van der Waals surface area contributed by atoms with Crippen LogP contribution in [-0.2, 0) is 0 Å².